The molecule has 0 saturated heterocycles. The van der Waals surface area contributed by atoms with Crippen LogP contribution < -0.4 is 24.6 Å². The van der Waals surface area contributed by atoms with Gasteiger partial charge in [0.1, 0.15) is 11.9 Å². The highest BCUT2D eigenvalue weighted by molar-refractivity contribution is 9.10. The lowest BCUT2D eigenvalue weighted by Crippen LogP contribution is -2.22. The molecule has 3 aromatic carbocycles. The van der Waals surface area contributed by atoms with Crippen molar-refractivity contribution in [2.45, 2.75) is 5.92 Å². The van der Waals surface area contributed by atoms with Gasteiger partial charge in [-0.2, -0.15) is 0 Å². The maximum atomic E-state index is 13.7. The zero-order chi connectivity index (χ0) is 28.2. The maximum Gasteiger partial charge on any atom is 0.344 e. The zero-order valence-corrected chi connectivity index (χ0v) is 23.6. The molecule has 0 fully saturated rings. The molecular formula is C30H21BrN4O6. The van der Waals surface area contributed by atoms with E-state index in [-0.39, 0.29) is 0 Å². The summed E-state index contributed by atoms with van der Waals surface area (Å²) in [5, 5.41) is 5.32. The minimum absolute atomic E-state index is 0.300. The zero-order valence-electron chi connectivity index (χ0n) is 22.0. The van der Waals surface area contributed by atoms with E-state index in [0.717, 1.165) is 10.0 Å². The number of para-hydroxylation sites is 1. The molecule has 204 valence electrons. The van der Waals surface area contributed by atoms with E-state index in [1.54, 1.807) is 35.1 Å². The highest BCUT2D eigenvalue weighted by Gasteiger charge is 2.38. The molecule has 1 unspecified atom stereocenters. The van der Waals surface area contributed by atoms with Gasteiger partial charge in [0.05, 0.1) is 43.8 Å². The second-order valence-corrected chi connectivity index (χ2v) is 10.2. The van der Waals surface area contributed by atoms with Crippen molar-refractivity contribution >= 4 is 32.5 Å². The molecule has 7 rings (SSSR count). The van der Waals surface area contributed by atoms with Crippen molar-refractivity contribution in [3.05, 3.63) is 98.6 Å². The molecule has 1 atom stereocenters. The lowest BCUT2D eigenvalue weighted by Gasteiger charge is -2.28. The van der Waals surface area contributed by atoms with Gasteiger partial charge in [0.2, 0.25) is 11.6 Å². The molecule has 0 spiro atoms. The van der Waals surface area contributed by atoms with E-state index in [1.165, 1.54) is 21.3 Å². The summed E-state index contributed by atoms with van der Waals surface area (Å²) in [6.07, 6.45) is 1.55. The van der Waals surface area contributed by atoms with Gasteiger partial charge in [-0.3, -0.25) is 0 Å². The third-order valence-electron chi connectivity index (χ3n) is 7.08. The van der Waals surface area contributed by atoms with Crippen LogP contribution in [0.3, 0.4) is 0 Å². The molecule has 1 aliphatic rings. The maximum absolute atomic E-state index is 13.7. The number of hydrogen-bond acceptors (Lipinski definition) is 9. The molecule has 11 heteroatoms. The van der Waals surface area contributed by atoms with Gasteiger partial charge in [-0.05, 0) is 42.0 Å². The summed E-state index contributed by atoms with van der Waals surface area (Å²) in [6, 6.07) is 18.5. The van der Waals surface area contributed by atoms with Crippen LogP contribution in [0.5, 0.6) is 28.9 Å². The van der Waals surface area contributed by atoms with Crippen LogP contribution in [0.2, 0.25) is 0 Å². The van der Waals surface area contributed by atoms with Gasteiger partial charge in [-0.1, -0.05) is 40.2 Å². The van der Waals surface area contributed by atoms with Crippen molar-refractivity contribution in [1.29, 1.82) is 0 Å². The first-order chi connectivity index (χ1) is 20.0. The normalized spacial score (nSPS) is 13.9. The lowest BCUT2D eigenvalue weighted by molar-refractivity contribution is 0.323. The topological polar surface area (TPSA) is 110 Å². The van der Waals surface area contributed by atoms with E-state index >= 15 is 0 Å². The quantitative estimate of drug-likeness (QED) is 0.217. The predicted molar refractivity (Wildman–Crippen MR) is 154 cm³/mol. The van der Waals surface area contributed by atoms with Gasteiger partial charge in [0.15, 0.2) is 28.7 Å². The van der Waals surface area contributed by atoms with E-state index in [1.807, 2.05) is 36.4 Å². The Balaban J connectivity index is 1.56. The van der Waals surface area contributed by atoms with E-state index in [2.05, 4.69) is 26.0 Å². The molecule has 0 bridgehead atoms. The van der Waals surface area contributed by atoms with Gasteiger partial charge in [-0.25, -0.2) is 19.3 Å². The van der Waals surface area contributed by atoms with Crippen LogP contribution in [0.25, 0.3) is 28.0 Å². The molecule has 10 nitrogen and oxygen atoms in total. The second kappa shape index (κ2) is 9.63. The Morgan fingerprint density at radius 2 is 1.66 bits per heavy atom. The molecule has 1 aliphatic heterocycles. The SMILES string of the molecule is COc1cc(C2c3c(c4ccccc4oc3=O)Oc3ncn4nc(-c5ccc(Br)cc5)nc4c32)cc(OC)c1OC. The molecule has 0 N–H and O–H groups in total. The third-order valence-corrected chi connectivity index (χ3v) is 7.61. The van der Waals surface area contributed by atoms with Crippen LogP contribution in [0, 0.1) is 0 Å². The Kier molecular flexibility index (Phi) is 5.89. The number of aromatic nitrogens is 4. The average molecular weight is 613 g/mol. The highest BCUT2D eigenvalue weighted by atomic mass is 79.9. The van der Waals surface area contributed by atoms with Crippen LogP contribution in [-0.2, 0) is 0 Å². The number of ether oxygens (including phenoxy) is 4. The molecule has 4 heterocycles. The molecular weight excluding hydrogens is 592 g/mol. The summed E-state index contributed by atoms with van der Waals surface area (Å²) in [7, 11) is 4.61. The van der Waals surface area contributed by atoms with Crippen LogP contribution in [-0.4, -0.2) is 40.9 Å². The first-order valence-electron chi connectivity index (χ1n) is 12.6. The van der Waals surface area contributed by atoms with E-state index in [0.29, 0.717) is 68.0 Å². The summed E-state index contributed by atoms with van der Waals surface area (Å²) in [5.74, 6) is 1.72. The Labute approximate surface area is 241 Å². The second-order valence-electron chi connectivity index (χ2n) is 9.30. The van der Waals surface area contributed by atoms with Crippen LogP contribution in [0.1, 0.15) is 22.6 Å². The minimum atomic E-state index is -0.721. The number of fused-ring (bicyclic) bond motifs is 6. The van der Waals surface area contributed by atoms with Crippen molar-refractivity contribution < 1.29 is 23.4 Å². The summed E-state index contributed by atoms with van der Waals surface area (Å²) < 4.78 is 31.6. The van der Waals surface area contributed by atoms with Gasteiger partial charge in [0.25, 0.3) is 0 Å². The lowest BCUT2D eigenvalue weighted by atomic mass is 9.83. The number of rotatable bonds is 5. The number of benzene rings is 3. The number of hydrogen-bond donors (Lipinski definition) is 0. The van der Waals surface area contributed by atoms with E-state index in [4.69, 9.17) is 28.3 Å². The molecule has 0 amide bonds. The first kappa shape index (κ1) is 25.1. The summed E-state index contributed by atoms with van der Waals surface area (Å²) in [6.45, 7) is 0. The fraction of sp³-hybridized carbons (Fsp3) is 0.133. The molecule has 6 aromatic rings. The molecule has 0 aliphatic carbocycles. The summed E-state index contributed by atoms with van der Waals surface area (Å²) in [5.41, 5.74) is 2.67. The molecule has 3 aromatic heterocycles. The van der Waals surface area contributed by atoms with Gasteiger partial charge in [-0.15, -0.1) is 5.10 Å². The molecule has 0 saturated carbocycles. The standard InChI is InChI=1S/C30H21BrN4O6/c1-37-20-12-16(13-21(38-2)26(20)39-3)22-23-25(18-6-4-5-7-19(18)40-30(23)36)41-29-24(22)28-33-27(34-35(28)14-32-29)15-8-10-17(31)11-9-15/h4-14,22H,1-3H3. The van der Waals surface area contributed by atoms with Crippen molar-refractivity contribution in [3.63, 3.8) is 0 Å². The third kappa shape index (κ3) is 3.92. The van der Waals surface area contributed by atoms with E-state index in [9.17, 15) is 4.79 Å². The van der Waals surface area contributed by atoms with Gasteiger partial charge >= 0.3 is 5.63 Å². The summed E-state index contributed by atoms with van der Waals surface area (Å²) >= 11 is 3.47. The van der Waals surface area contributed by atoms with Crippen molar-refractivity contribution in [1.82, 2.24) is 19.6 Å². The van der Waals surface area contributed by atoms with Gasteiger partial charge in [0, 0.05) is 10.0 Å². The van der Waals surface area contributed by atoms with Crippen molar-refractivity contribution in [2.75, 3.05) is 21.3 Å². The Morgan fingerprint density at radius 1 is 0.927 bits per heavy atom. The Morgan fingerprint density at radius 3 is 2.37 bits per heavy atom. The molecule has 0 radical (unpaired) electrons. The Bertz CT molecular complexity index is 2010. The van der Waals surface area contributed by atoms with Gasteiger partial charge < -0.3 is 23.4 Å². The van der Waals surface area contributed by atoms with E-state index < -0.39 is 11.5 Å². The fourth-order valence-electron chi connectivity index (χ4n) is 5.25. The predicted octanol–water partition coefficient (Wildman–Crippen LogP) is 5.97. The van der Waals surface area contributed by atoms with Crippen LogP contribution in [0.15, 0.2) is 80.7 Å². The number of methoxy groups -OCH3 is 3. The van der Waals surface area contributed by atoms with Crippen LogP contribution >= 0.6 is 15.9 Å². The smallest absolute Gasteiger partial charge is 0.344 e. The van der Waals surface area contributed by atoms with Crippen molar-refractivity contribution in [2.24, 2.45) is 0 Å². The van der Waals surface area contributed by atoms with Crippen LogP contribution in [0.4, 0.5) is 0 Å². The highest BCUT2D eigenvalue weighted by Crippen LogP contribution is 2.51. The monoisotopic (exact) mass is 612 g/mol. The number of nitrogens with zero attached hydrogens (tertiary/aromatic N) is 4. The Hall–Kier alpha value is -4.90. The fourth-order valence-corrected chi connectivity index (χ4v) is 5.52. The largest absolute Gasteiger partial charge is 0.493 e. The average Bonchev–Trinajstić information content (AvgIpc) is 3.44. The molecule has 41 heavy (non-hydrogen) atoms. The van der Waals surface area contributed by atoms with Crippen molar-refractivity contribution in [3.8, 4) is 40.3 Å². The minimum Gasteiger partial charge on any atom is -0.493 e. The number of halogens is 1. The first-order valence-corrected chi connectivity index (χ1v) is 13.3. The summed E-state index contributed by atoms with van der Waals surface area (Å²) in [4.78, 5) is 23.2.